The van der Waals surface area contributed by atoms with Crippen molar-refractivity contribution in [3.8, 4) is 0 Å². The summed E-state index contributed by atoms with van der Waals surface area (Å²) in [4.78, 5) is 0. The fourth-order valence-corrected chi connectivity index (χ4v) is 2.42. The van der Waals surface area contributed by atoms with Crippen LogP contribution in [0.15, 0.2) is 46.9 Å². The maximum atomic E-state index is 6.11. The van der Waals surface area contributed by atoms with Crippen molar-refractivity contribution in [3.63, 3.8) is 0 Å². The Morgan fingerprint density at radius 3 is 2.37 bits per heavy atom. The molecule has 0 amide bonds. The summed E-state index contributed by atoms with van der Waals surface area (Å²) < 4.78 is 0.875. The average Bonchev–Trinajstić information content (AvgIpc) is 2.41. The summed E-state index contributed by atoms with van der Waals surface area (Å²) in [5.41, 5.74) is 5.03. The Bertz CT molecular complexity index is 558. The molecule has 5 heteroatoms. The van der Waals surface area contributed by atoms with E-state index in [9.17, 15) is 0 Å². The van der Waals surface area contributed by atoms with Gasteiger partial charge in [0.1, 0.15) is 0 Å². The Balaban J connectivity index is 2.19. The number of nitrogens with two attached hydrogens (primary N) is 1. The van der Waals surface area contributed by atoms with Crippen LogP contribution in [0.5, 0.6) is 0 Å². The quantitative estimate of drug-likeness (QED) is 0.622. The van der Waals surface area contributed by atoms with E-state index in [1.807, 2.05) is 42.5 Å². The zero-order valence-electron chi connectivity index (χ0n) is 10.0. The summed E-state index contributed by atoms with van der Waals surface area (Å²) in [5.74, 6) is 5.64. The number of halogens is 3. The van der Waals surface area contributed by atoms with Crippen molar-refractivity contribution in [1.29, 1.82) is 0 Å². The molecule has 100 valence electrons. The van der Waals surface area contributed by atoms with Crippen LogP contribution in [0.3, 0.4) is 0 Å². The van der Waals surface area contributed by atoms with Crippen LogP contribution in [0.25, 0.3) is 0 Å². The van der Waals surface area contributed by atoms with Crippen LogP contribution in [0.4, 0.5) is 0 Å². The van der Waals surface area contributed by atoms with Gasteiger partial charge in [-0.15, -0.1) is 0 Å². The van der Waals surface area contributed by atoms with Gasteiger partial charge < -0.3 is 0 Å². The monoisotopic (exact) mass is 358 g/mol. The van der Waals surface area contributed by atoms with Crippen molar-refractivity contribution in [2.24, 2.45) is 5.84 Å². The lowest BCUT2D eigenvalue weighted by atomic mass is 9.99. The largest absolute Gasteiger partial charge is 0.271 e. The summed E-state index contributed by atoms with van der Waals surface area (Å²) >= 11 is 15.4. The van der Waals surface area contributed by atoms with Crippen LogP contribution >= 0.6 is 39.1 Å². The number of hydrogen-bond donors (Lipinski definition) is 2. The average molecular weight is 360 g/mol. The molecule has 0 radical (unpaired) electrons. The molecule has 3 N–H and O–H groups in total. The van der Waals surface area contributed by atoms with Gasteiger partial charge in [-0.25, -0.2) is 0 Å². The summed E-state index contributed by atoms with van der Waals surface area (Å²) in [6, 6.07) is 13.6. The van der Waals surface area contributed by atoms with Gasteiger partial charge in [-0.1, -0.05) is 41.4 Å². The second kappa shape index (κ2) is 6.73. The minimum absolute atomic E-state index is 0.00627. The van der Waals surface area contributed by atoms with Gasteiger partial charge in [-0.2, -0.15) is 0 Å². The lowest BCUT2D eigenvalue weighted by molar-refractivity contribution is 0.552. The lowest BCUT2D eigenvalue weighted by Gasteiger charge is -2.17. The van der Waals surface area contributed by atoms with Crippen LogP contribution in [0.1, 0.15) is 17.2 Å². The van der Waals surface area contributed by atoms with Gasteiger partial charge in [0.15, 0.2) is 0 Å². The molecular formula is C14H13BrCl2N2. The van der Waals surface area contributed by atoms with Gasteiger partial charge in [-0.3, -0.25) is 11.3 Å². The number of hydrazine groups is 1. The predicted molar refractivity (Wildman–Crippen MR) is 84.4 cm³/mol. The highest BCUT2D eigenvalue weighted by Gasteiger charge is 2.12. The summed E-state index contributed by atoms with van der Waals surface area (Å²) in [6.07, 6.45) is 0.769. The van der Waals surface area contributed by atoms with Crippen LogP contribution in [0, 0.1) is 0 Å². The normalized spacial score (nSPS) is 12.4. The van der Waals surface area contributed by atoms with Gasteiger partial charge in [-0.05, 0) is 57.7 Å². The lowest BCUT2D eigenvalue weighted by Crippen LogP contribution is -2.29. The first kappa shape index (κ1) is 14.8. The molecule has 2 aromatic carbocycles. The molecule has 0 fully saturated rings. The van der Waals surface area contributed by atoms with Gasteiger partial charge >= 0.3 is 0 Å². The fourth-order valence-electron chi connectivity index (χ4n) is 1.86. The Hall–Kier alpha value is -0.580. The first-order chi connectivity index (χ1) is 9.10. The van der Waals surface area contributed by atoms with Crippen molar-refractivity contribution < 1.29 is 0 Å². The highest BCUT2D eigenvalue weighted by molar-refractivity contribution is 9.10. The molecule has 0 heterocycles. The molecule has 0 saturated carbocycles. The minimum atomic E-state index is 0.00627. The maximum absolute atomic E-state index is 6.11. The molecule has 0 spiro atoms. The molecule has 0 aliphatic carbocycles. The number of benzene rings is 2. The summed E-state index contributed by atoms with van der Waals surface area (Å²) in [7, 11) is 0. The van der Waals surface area contributed by atoms with Crippen molar-refractivity contribution in [3.05, 3.63) is 68.1 Å². The zero-order valence-corrected chi connectivity index (χ0v) is 13.1. The van der Waals surface area contributed by atoms with E-state index in [1.54, 1.807) is 0 Å². The summed E-state index contributed by atoms with van der Waals surface area (Å²) in [5, 5.41) is 1.40. The Morgan fingerprint density at radius 2 is 1.79 bits per heavy atom. The van der Waals surface area contributed by atoms with Crippen molar-refractivity contribution in [2.75, 3.05) is 0 Å². The molecule has 0 bridgehead atoms. The minimum Gasteiger partial charge on any atom is -0.271 e. The maximum Gasteiger partial charge on any atom is 0.0551 e. The molecule has 1 unspecified atom stereocenters. The van der Waals surface area contributed by atoms with Crippen molar-refractivity contribution >= 4 is 39.1 Å². The van der Waals surface area contributed by atoms with Gasteiger partial charge in [0.05, 0.1) is 11.1 Å². The van der Waals surface area contributed by atoms with E-state index in [2.05, 4.69) is 21.4 Å². The van der Waals surface area contributed by atoms with Gasteiger partial charge in [0, 0.05) is 9.50 Å². The van der Waals surface area contributed by atoms with Gasteiger partial charge in [0.2, 0.25) is 0 Å². The highest BCUT2D eigenvalue weighted by Crippen LogP contribution is 2.27. The van der Waals surface area contributed by atoms with E-state index < -0.39 is 0 Å². The van der Waals surface area contributed by atoms with Crippen molar-refractivity contribution in [1.82, 2.24) is 5.43 Å². The highest BCUT2D eigenvalue weighted by atomic mass is 79.9. The fraction of sp³-hybridized carbons (Fsp3) is 0.143. The van der Waals surface area contributed by atoms with E-state index in [0.29, 0.717) is 5.02 Å². The molecule has 1 atom stereocenters. The van der Waals surface area contributed by atoms with Crippen molar-refractivity contribution in [2.45, 2.75) is 12.5 Å². The van der Waals surface area contributed by atoms with Crippen LogP contribution in [0.2, 0.25) is 10.0 Å². The molecule has 19 heavy (non-hydrogen) atoms. The van der Waals surface area contributed by atoms with Gasteiger partial charge in [0.25, 0.3) is 0 Å². The van der Waals surface area contributed by atoms with Crippen LogP contribution in [-0.2, 0) is 6.42 Å². The van der Waals surface area contributed by atoms with Crippen LogP contribution < -0.4 is 11.3 Å². The molecule has 2 aromatic rings. The number of hydrogen-bond acceptors (Lipinski definition) is 2. The first-order valence-corrected chi connectivity index (χ1v) is 7.30. The second-order valence-electron chi connectivity index (χ2n) is 4.22. The predicted octanol–water partition coefficient (Wildman–Crippen LogP) is 4.50. The van der Waals surface area contributed by atoms with E-state index >= 15 is 0 Å². The Kier molecular flexibility index (Phi) is 5.25. The van der Waals surface area contributed by atoms with E-state index in [-0.39, 0.29) is 6.04 Å². The smallest absolute Gasteiger partial charge is 0.0551 e. The third-order valence-corrected chi connectivity index (χ3v) is 4.38. The standard InChI is InChI=1S/C14H13BrCl2N2/c15-12-6-3-10(8-13(12)17)14(19-18)7-9-1-4-11(16)5-2-9/h1-6,8,14,19H,7,18H2. The molecule has 0 aliphatic rings. The van der Waals surface area contributed by atoms with E-state index in [0.717, 1.165) is 27.0 Å². The molecule has 0 saturated heterocycles. The Labute approximate surface area is 131 Å². The molecule has 2 rings (SSSR count). The topological polar surface area (TPSA) is 38.0 Å². The molecule has 2 nitrogen and oxygen atoms in total. The zero-order chi connectivity index (χ0) is 13.8. The third kappa shape index (κ3) is 3.94. The first-order valence-electron chi connectivity index (χ1n) is 5.75. The Morgan fingerprint density at radius 1 is 1.11 bits per heavy atom. The molecular weight excluding hydrogens is 347 g/mol. The number of rotatable bonds is 4. The van der Waals surface area contributed by atoms with Crippen LogP contribution in [-0.4, -0.2) is 0 Å². The number of nitrogens with one attached hydrogen (secondary N) is 1. The second-order valence-corrected chi connectivity index (χ2v) is 5.92. The van der Waals surface area contributed by atoms with E-state index in [4.69, 9.17) is 29.0 Å². The SMILES string of the molecule is NNC(Cc1ccc(Cl)cc1)c1ccc(Br)c(Cl)c1. The molecule has 0 aromatic heterocycles. The van der Waals surface area contributed by atoms with E-state index in [1.165, 1.54) is 0 Å². The third-order valence-electron chi connectivity index (χ3n) is 2.90. The summed E-state index contributed by atoms with van der Waals surface area (Å²) in [6.45, 7) is 0. The molecule has 0 aliphatic heterocycles.